The van der Waals surface area contributed by atoms with Crippen LogP contribution >= 0.6 is 0 Å². The van der Waals surface area contributed by atoms with E-state index >= 15 is 0 Å². The van der Waals surface area contributed by atoms with Crippen molar-refractivity contribution in [2.75, 3.05) is 0 Å². The predicted octanol–water partition coefficient (Wildman–Crippen LogP) is 4.05. The zero-order valence-electron chi connectivity index (χ0n) is 16.8. The Balaban J connectivity index is 0. The average molecular weight is 429 g/mol. The van der Waals surface area contributed by atoms with Crippen LogP contribution in [0.4, 0.5) is 0 Å². The van der Waals surface area contributed by atoms with Crippen molar-refractivity contribution in [1.29, 1.82) is 0 Å². The zero-order valence-corrected chi connectivity index (χ0v) is 17.7. The number of aliphatic carboxylic acids is 2. The van der Waals surface area contributed by atoms with E-state index in [9.17, 15) is 28.2 Å². The van der Waals surface area contributed by atoms with Gasteiger partial charge in [0.1, 0.15) is 5.41 Å². The maximum atomic E-state index is 12.0. The minimum absolute atomic E-state index is 0. The summed E-state index contributed by atoms with van der Waals surface area (Å²) in [5, 5.41) is 19.2. The maximum absolute atomic E-state index is 12.0. The first-order valence-electron chi connectivity index (χ1n) is 10.3. The van der Waals surface area contributed by atoms with Gasteiger partial charge in [0.25, 0.3) is 0 Å². The monoisotopic (exact) mass is 428 g/mol. The summed E-state index contributed by atoms with van der Waals surface area (Å²) in [6.45, 7) is 4.21. The predicted molar refractivity (Wildman–Crippen MR) is 115 cm³/mol. The number of unbranched alkanes of at least 4 members (excludes halogenated alkanes) is 10. The Morgan fingerprint density at radius 3 is 1.36 bits per heavy atom. The van der Waals surface area contributed by atoms with Crippen LogP contribution in [0.2, 0.25) is 0 Å². The molecule has 2 N–H and O–H groups in total. The molecule has 0 aliphatic rings. The first-order chi connectivity index (χ1) is 12.8. The molecule has 8 heteroatoms. The first-order valence-corrected chi connectivity index (χ1v) is 11.3. The fraction of sp³-hybridized carbons (Fsp3) is 0.850. The molecule has 0 aromatic carbocycles. The molecule has 0 bridgehead atoms. The molecule has 6 nitrogen and oxygen atoms in total. The Labute approximate surface area is 193 Å². The average Bonchev–Trinajstić information content (AvgIpc) is 2.59. The van der Waals surface area contributed by atoms with Crippen molar-refractivity contribution in [2.24, 2.45) is 5.41 Å². The normalized spacial score (nSPS) is 10.9. The molecule has 0 rings (SSSR count). The molecule has 0 amide bonds. The fourth-order valence-corrected chi connectivity index (χ4v) is 4.27. The summed E-state index contributed by atoms with van der Waals surface area (Å²) in [5.41, 5.74) is -1.83. The molecule has 0 fully saturated rings. The van der Waals surface area contributed by atoms with Gasteiger partial charge in [-0.2, -0.15) is 8.42 Å². The minimum atomic E-state index is -3.06. The van der Waals surface area contributed by atoms with Gasteiger partial charge in [-0.25, -0.2) is 4.79 Å². The van der Waals surface area contributed by atoms with Crippen LogP contribution in [-0.4, -0.2) is 65.0 Å². The third-order valence-corrected chi connectivity index (χ3v) is 6.02. The summed E-state index contributed by atoms with van der Waals surface area (Å²) in [4.78, 5) is 22.7. The Bertz CT molecular complexity index is 562. The van der Waals surface area contributed by atoms with Crippen molar-refractivity contribution in [1.82, 2.24) is 0 Å². The van der Waals surface area contributed by atoms with Crippen LogP contribution in [0.3, 0.4) is 0 Å². The first kappa shape index (κ1) is 29.8. The van der Waals surface area contributed by atoms with E-state index in [0.717, 1.165) is 64.2 Å². The van der Waals surface area contributed by atoms with Crippen LogP contribution in [0, 0.1) is 5.41 Å². The summed E-state index contributed by atoms with van der Waals surface area (Å²) >= 11 is 0. The SMILES string of the molecule is CCCCCCCCC(CCCCCCCC)(C(=O)O)C(C(=O)O)=S(=O)=O.[NaH]. The molecule has 0 spiro atoms. The van der Waals surface area contributed by atoms with Crippen LogP contribution in [0.25, 0.3) is 0 Å². The molecule has 0 aromatic rings. The van der Waals surface area contributed by atoms with Crippen LogP contribution in [-0.2, 0) is 19.9 Å². The van der Waals surface area contributed by atoms with Crippen molar-refractivity contribution in [3.8, 4) is 0 Å². The number of hydrogen-bond acceptors (Lipinski definition) is 4. The molecule has 0 saturated heterocycles. The van der Waals surface area contributed by atoms with E-state index in [1.54, 1.807) is 0 Å². The number of carbonyl (C=O) groups is 2. The van der Waals surface area contributed by atoms with Gasteiger partial charge < -0.3 is 10.2 Å². The van der Waals surface area contributed by atoms with Crippen molar-refractivity contribution in [3.05, 3.63) is 0 Å². The molecule has 0 unspecified atom stereocenters. The van der Waals surface area contributed by atoms with E-state index in [2.05, 4.69) is 13.8 Å². The summed E-state index contributed by atoms with van der Waals surface area (Å²) in [6.07, 6.45) is 11.1. The van der Waals surface area contributed by atoms with E-state index < -0.39 is 32.5 Å². The van der Waals surface area contributed by atoms with Gasteiger partial charge in [-0.15, -0.1) is 0 Å². The van der Waals surface area contributed by atoms with Gasteiger partial charge in [-0.3, -0.25) is 4.79 Å². The standard InChI is InChI=1S/C20H36O6S.Na.H/c1-3-5-7-9-11-13-15-20(19(23)24,17(18(21)22)27(25)26)16-14-12-10-8-6-4-2;;/h3-16H2,1-2H3,(H,21,22)(H,23,24);;. The molecule has 28 heavy (non-hydrogen) atoms. The number of hydrogen-bond donors (Lipinski definition) is 2. The van der Waals surface area contributed by atoms with Crippen molar-refractivity contribution in [3.63, 3.8) is 0 Å². The number of carboxylic acid groups (broad SMARTS) is 2. The van der Waals surface area contributed by atoms with Crippen molar-refractivity contribution in [2.45, 2.75) is 104 Å². The Morgan fingerprint density at radius 1 is 0.714 bits per heavy atom. The van der Waals surface area contributed by atoms with E-state index in [1.165, 1.54) is 0 Å². The van der Waals surface area contributed by atoms with Crippen molar-refractivity contribution >= 4 is 56.7 Å². The molecular weight excluding hydrogens is 391 g/mol. The van der Waals surface area contributed by atoms with Gasteiger partial charge in [0, 0.05) is 0 Å². The summed E-state index contributed by atoms with van der Waals surface area (Å²) in [7, 11) is -3.06. The second kappa shape index (κ2) is 17.5. The molecular formula is C20H37NaO6S. The second-order valence-electron chi connectivity index (χ2n) is 7.29. The molecule has 0 aromatic heterocycles. The zero-order chi connectivity index (χ0) is 20.7. The van der Waals surface area contributed by atoms with Gasteiger partial charge in [0.05, 0.1) is 0 Å². The molecule has 0 aliphatic carbocycles. The molecule has 160 valence electrons. The van der Waals surface area contributed by atoms with Gasteiger partial charge in [-0.05, 0) is 12.8 Å². The van der Waals surface area contributed by atoms with Gasteiger partial charge in [0.2, 0.25) is 10.3 Å². The summed E-state index contributed by atoms with van der Waals surface area (Å²) < 4.78 is 23.1. The Kier molecular flexibility index (Phi) is 18.6. The number of rotatable bonds is 17. The van der Waals surface area contributed by atoms with Gasteiger partial charge >= 0.3 is 41.5 Å². The molecule has 0 radical (unpaired) electrons. The van der Waals surface area contributed by atoms with Crippen molar-refractivity contribution < 1.29 is 28.2 Å². The van der Waals surface area contributed by atoms with Gasteiger partial charge in [-0.1, -0.05) is 90.9 Å². The van der Waals surface area contributed by atoms with E-state index in [1.807, 2.05) is 0 Å². The molecule has 0 atom stereocenters. The molecule has 0 aliphatic heterocycles. The quantitative estimate of drug-likeness (QED) is 0.206. The Hall–Kier alpha value is -0.370. The van der Waals surface area contributed by atoms with Crippen LogP contribution in [0.5, 0.6) is 0 Å². The second-order valence-corrected chi connectivity index (χ2v) is 8.17. The topological polar surface area (TPSA) is 109 Å². The van der Waals surface area contributed by atoms with Crippen LogP contribution in [0.15, 0.2) is 0 Å². The summed E-state index contributed by atoms with van der Waals surface area (Å²) in [6, 6.07) is 0. The van der Waals surface area contributed by atoms with Crippen LogP contribution < -0.4 is 0 Å². The van der Waals surface area contributed by atoms with E-state index in [-0.39, 0.29) is 42.4 Å². The molecule has 0 saturated carbocycles. The third-order valence-electron chi connectivity index (χ3n) is 5.12. The van der Waals surface area contributed by atoms with E-state index in [0.29, 0.717) is 12.8 Å². The number of carboxylic acids is 2. The van der Waals surface area contributed by atoms with Gasteiger partial charge in [0.15, 0.2) is 4.86 Å². The third kappa shape index (κ3) is 11.0. The summed E-state index contributed by atoms with van der Waals surface area (Å²) in [5.74, 6) is -2.99. The van der Waals surface area contributed by atoms with Crippen LogP contribution in [0.1, 0.15) is 104 Å². The Morgan fingerprint density at radius 2 is 1.07 bits per heavy atom. The fourth-order valence-electron chi connectivity index (χ4n) is 3.51. The molecule has 0 heterocycles. The van der Waals surface area contributed by atoms with E-state index in [4.69, 9.17) is 0 Å².